The fourth-order valence-corrected chi connectivity index (χ4v) is 8.98. The largest absolute Gasteiger partial charge is 0.458 e. The number of para-hydroxylation sites is 1. The summed E-state index contributed by atoms with van der Waals surface area (Å²) < 4.78 is 19.3. The Morgan fingerprint density at radius 2 is 1.90 bits per heavy atom. The third-order valence-electron chi connectivity index (χ3n) is 11.6. The fraction of sp³-hybridized carbons (Fsp3) is 0.625. The van der Waals surface area contributed by atoms with Crippen molar-refractivity contribution >= 4 is 22.7 Å². The number of likely N-dealkylation sites (N-methyl/N-ethyl adjacent to an activating group) is 1. The molecule has 40 heavy (non-hydrogen) atoms. The molecule has 214 valence electrons. The fourth-order valence-electron chi connectivity index (χ4n) is 8.98. The number of fused-ring (bicyclic) bond motifs is 9. The predicted octanol–water partition coefficient (Wildman–Crippen LogP) is 3.79. The number of rotatable bonds is 3. The Morgan fingerprint density at radius 3 is 2.62 bits per heavy atom. The van der Waals surface area contributed by atoms with Crippen molar-refractivity contribution in [2.75, 3.05) is 14.1 Å². The average Bonchev–Trinajstić information content (AvgIpc) is 3.48. The van der Waals surface area contributed by atoms with Crippen LogP contribution in [0.1, 0.15) is 65.1 Å². The van der Waals surface area contributed by atoms with E-state index in [1.165, 1.54) is 10.9 Å². The standard InChI is InChI=1S/C32H40N2O6/c1-17(34(6)7)27(36)38-24-15-18-14-20-19-10-8-9-11-21(19)33-25(20)30(18,5)29(4)12-13-31-23(32(24,29)37)16-22(35)26(39-31)28(2,3)40-31/h8-11,16-18,24,26,33,37H,12-15H2,1-7H3/t17-,18+,24-,26?,29?,30+,31?,32-/m0/s1. The highest BCUT2D eigenvalue weighted by Gasteiger charge is 2.78. The highest BCUT2D eigenvalue weighted by Crippen LogP contribution is 2.72. The third kappa shape index (κ3) is 2.91. The minimum absolute atomic E-state index is 0.125. The number of aromatic amines is 1. The lowest BCUT2D eigenvalue weighted by Gasteiger charge is -2.67. The zero-order valence-corrected chi connectivity index (χ0v) is 24.5. The molecule has 7 rings (SSSR count). The summed E-state index contributed by atoms with van der Waals surface area (Å²) in [4.78, 5) is 32.5. The van der Waals surface area contributed by atoms with E-state index in [1.54, 1.807) is 17.9 Å². The summed E-state index contributed by atoms with van der Waals surface area (Å²) in [7, 11) is 3.66. The molecule has 1 saturated heterocycles. The molecule has 2 aliphatic heterocycles. The van der Waals surface area contributed by atoms with Crippen molar-refractivity contribution in [2.45, 2.75) is 101 Å². The second kappa shape index (κ2) is 7.85. The van der Waals surface area contributed by atoms with Gasteiger partial charge in [0, 0.05) is 39.4 Å². The number of esters is 1. The Morgan fingerprint density at radius 1 is 1.18 bits per heavy atom. The molecule has 3 heterocycles. The Hall–Kier alpha value is -2.52. The molecular weight excluding hydrogens is 508 g/mol. The van der Waals surface area contributed by atoms with Crippen LogP contribution < -0.4 is 0 Å². The molecule has 0 amide bonds. The quantitative estimate of drug-likeness (QED) is 0.563. The van der Waals surface area contributed by atoms with Gasteiger partial charge in [-0.1, -0.05) is 32.0 Å². The van der Waals surface area contributed by atoms with E-state index < -0.39 is 52.0 Å². The summed E-state index contributed by atoms with van der Waals surface area (Å²) in [5, 5.41) is 14.5. The molecule has 3 unspecified atom stereocenters. The molecule has 5 aliphatic rings. The second-order valence-corrected chi connectivity index (χ2v) is 13.9. The molecule has 2 saturated carbocycles. The first kappa shape index (κ1) is 26.4. The predicted molar refractivity (Wildman–Crippen MR) is 149 cm³/mol. The Labute approximate surface area is 235 Å². The van der Waals surface area contributed by atoms with Crippen molar-refractivity contribution < 1.29 is 28.9 Å². The number of aliphatic hydroxyl groups is 1. The van der Waals surface area contributed by atoms with Crippen LogP contribution in [0.2, 0.25) is 0 Å². The van der Waals surface area contributed by atoms with Crippen LogP contribution >= 0.6 is 0 Å². The van der Waals surface area contributed by atoms with Gasteiger partial charge in [-0.05, 0) is 77.8 Å². The highest BCUT2D eigenvalue weighted by atomic mass is 16.8. The third-order valence-corrected chi connectivity index (χ3v) is 11.6. The molecular formula is C32H40N2O6. The zero-order valence-electron chi connectivity index (χ0n) is 24.5. The number of H-pyrrole nitrogens is 1. The molecule has 1 aromatic heterocycles. The van der Waals surface area contributed by atoms with E-state index in [-0.39, 0.29) is 11.7 Å². The van der Waals surface area contributed by atoms with Crippen LogP contribution in [0, 0.1) is 11.3 Å². The van der Waals surface area contributed by atoms with Gasteiger partial charge in [0.2, 0.25) is 0 Å². The number of hydrogen-bond acceptors (Lipinski definition) is 7. The summed E-state index contributed by atoms with van der Waals surface area (Å²) in [6, 6.07) is 7.84. The lowest BCUT2D eigenvalue weighted by atomic mass is 9.41. The van der Waals surface area contributed by atoms with E-state index in [1.807, 2.05) is 34.0 Å². The molecule has 3 aliphatic carbocycles. The van der Waals surface area contributed by atoms with Crippen molar-refractivity contribution in [2.24, 2.45) is 11.3 Å². The maximum absolute atomic E-state index is 13.5. The molecule has 3 fully saturated rings. The number of carbonyl (C=O) groups excluding carboxylic acids is 2. The smallest absolute Gasteiger partial charge is 0.323 e. The topological polar surface area (TPSA) is 101 Å². The lowest BCUT2D eigenvalue weighted by Crippen LogP contribution is -2.75. The van der Waals surface area contributed by atoms with E-state index in [4.69, 9.17) is 14.2 Å². The van der Waals surface area contributed by atoms with Gasteiger partial charge in [-0.15, -0.1) is 0 Å². The van der Waals surface area contributed by atoms with Crippen LogP contribution in [0.3, 0.4) is 0 Å². The number of nitrogens with zero attached hydrogens (tertiary/aromatic N) is 1. The summed E-state index contributed by atoms with van der Waals surface area (Å²) in [5.41, 5.74) is 0.0644. The first-order chi connectivity index (χ1) is 18.7. The first-order valence-corrected chi connectivity index (χ1v) is 14.5. The van der Waals surface area contributed by atoms with Crippen molar-refractivity contribution in [1.82, 2.24) is 9.88 Å². The van der Waals surface area contributed by atoms with Crippen molar-refractivity contribution in [3.05, 3.63) is 47.2 Å². The van der Waals surface area contributed by atoms with Gasteiger partial charge in [0.05, 0.1) is 0 Å². The minimum Gasteiger partial charge on any atom is -0.458 e. The van der Waals surface area contributed by atoms with Gasteiger partial charge >= 0.3 is 5.97 Å². The Balaban J connectivity index is 1.43. The number of nitrogens with one attached hydrogen (secondary N) is 1. The number of ketones is 1. The molecule has 8 atom stereocenters. The maximum atomic E-state index is 13.5. The molecule has 8 nitrogen and oxygen atoms in total. The van der Waals surface area contributed by atoms with Gasteiger partial charge in [0.15, 0.2) is 17.7 Å². The molecule has 8 heteroatoms. The minimum atomic E-state index is -1.70. The molecule has 0 radical (unpaired) electrons. The lowest BCUT2D eigenvalue weighted by molar-refractivity contribution is -0.278. The van der Waals surface area contributed by atoms with E-state index >= 15 is 0 Å². The van der Waals surface area contributed by atoms with Gasteiger partial charge in [-0.3, -0.25) is 14.5 Å². The summed E-state index contributed by atoms with van der Waals surface area (Å²) >= 11 is 0. The van der Waals surface area contributed by atoms with Crippen molar-refractivity contribution in [3.8, 4) is 0 Å². The van der Waals surface area contributed by atoms with E-state index in [0.29, 0.717) is 24.8 Å². The molecule has 1 aromatic carbocycles. The number of ether oxygens (including phenoxy) is 3. The van der Waals surface area contributed by atoms with Gasteiger partial charge < -0.3 is 24.3 Å². The normalized spacial score (nSPS) is 41.7. The SMILES string of the molecule is C[C@@H](C(=O)O[C@H]1C[C@H]2Cc3c([nH]c4ccccc34)[C@]2(C)C2(C)CCC34OC(C(=O)C=C3[C@]12O)C(C)(C)O4)N(C)C. The molecule has 2 bridgehead atoms. The van der Waals surface area contributed by atoms with Crippen LogP contribution in [0.25, 0.3) is 10.9 Å². The molecule has 2 aromatic rings. The summed E-state index contributed by atoms with van der Waals surface area (Å²) in [5.74, 6) is -1.73. The second-order valence-electron chi connectivity index (χ2n) is 13.9. The number of carbonyl (C=O) groups is 2. The van der Waals surface area contributed by atoms with Crippen molar-refractivity contribution in [1.29, 1.82) is 0 Å². The van der Waals surface area contributed by atoms with Gasteiger partial charge in [0.25, 0.3) is 0 Å². The number of hydrogen-bond donors (Lipinski definition) is 2. The number of benzene rings is 1. The monoisotopic (exact) mass is 548 g/mol. The Kier molecular flexibility index (Phi) is 5.18. The highest BCUT2D eigenvalue weighted by molar-refractivity contribution is 5.97. The van der Waals surface area contributed by atoms with Gasteiger partial charge in [0.1, 0.15) is 23.3 Å². The summed E-state index contributed by atoms with van der Waals surface area (Å²) in [6.07, 6.45) is 2.29. The number of aromatic nitrogens is 1. The Bertz CT molecular complexity index is 1490. The summed E-state index contributed by atoms with van der Waals surface area (Å²) in [6.45, 7) is 9.88. The van der Waals surface area contributed by atoms with Crippen LogP contribution in [0.4, 0.5) is 0 Å². The maximum Gasteiger partial charge on any atom is 0.323 e. The average molecular weight is 549 g/mol. The van der Waals surface area contributed by atoms with Crippen LogP contribution in [-0.2, 0) is 35.6 Å². The van der Waals surface area contributed by atoms with Crippen molar-refractivity contribution in [3.63, 3.8) is 0 Å². The van der Waals surface area contributed by atoms with Crippen LogP contribution in [0.15, 0.2) is 35.9 Å². The van der Waals surface area contributed by atoms with E-state index in [0.717, 1.165) is 17.6 Å². The van der Waals surface area contributed by atoms with Gasteiger partial charge in [-0.2, -0.15) is 0 Å². The van der Waals surface area contributed by atoms with Crippen LogP contribution in [0.5, 0.6) is 0 Å². The molecule has 2 N–H and O–H groups in total. The molecule has 1 spiro atoms. The van der Waals surface area contributed by atoms with Gasteiger partial charge in [-0.25, -0.2) is 0 Å². The van der Waals surface area contributed by atoms with E-state index in [2.05, 4.69) is 37.0 Å². The first-order valence-electron chi connectivity index (χ1n) is 14.5. The van der Waals surface area contributed by atoms with E-state index in [9.17, 15) is 14.7 Å². The zero-order chi connectivity index (χ0) is 28.6. The van der Waals surface area contributed by atoms with Crippen LogP contribution in [-0.4, -0.2) is 76.1 Å².